The van der Waals surface area contributed by atoms with Crippen molar-refractivity contribution in [1.82, 2.24) is 5.32 Å². The molecule has 0 fully saturated rings. The molecule has 0 unspecified atom stereocenters. The second kappa shape index (κ2) is 8.45. The quantitative estimate of drug-likeness (QED) is 0.381. The van der Waals surface area contributed by atoms with E-state index in [9.17, 15) is 14.9 Å². The zero-order valence-electron chi connectivity index (χ0n) is 15.0. The lowest BCUT2D eigenvalue weighted by Crippen LogP contribution is -2.34. The summed E-state index contributed by atoms with van der Waals surface area (Å²) >= 11 is 5.19. The molecule has 3 aromatic rings. The molecule has 8 heteroatoms. The van der Waals surface area contributed by atoms with Crippen molar-refractivity contribution in [3.05, 3.63) is 76.3 Å². The maximum absolute atomic E-state index is 12.4. The number of nitrogens with zero attached hydrogens (tertiary/aromatic N) is 1. The number of nitro groups is 1. The number of nitro benzene ring substituents is 1. The highest BCUT2D eigenvalue weighted by Gasteiger charge is 2.19. The monoisotopic (exact) mass is 395 g/mol. The minimum absolute atomic E-state index is 0.0943. The highest BCUT2D eigenvalue weighted by Crippen LogP contribution is 2.28. The Morgan fingerprint density at radius 3 is 2.57 bits per heavy atom. The van der Waals surface area contributed by atoms with E-state index in [1.807, 2.05) is 42.5 Å². The van der Waals surface area contributed by atoms with E-state index in [-0.39, 0.29) is 28.7 Å². The van der Waals surface area contributed by atoms with E-state index in [0.717, 1.165) is 16.5 Å². The number of nitrogens with one attached hydrogen (secondary N) is 2. The summed E-state index contributed by atoms with van der Waals surface area (Å²) in [7, 11) is 0. The number of carbonyl (C=O) groups is 1. The van der Waals surface area contributed by atoms with E-state index >= 15 is 0 Å². The Labute approximate surface area is 166 Å². The smallest absolute Gasteiger partial charge is 0.311 e. The number of hydrogen-bond donors (Lipinski definition) is 2. The van der Waals surface area contributed by atoms with E-state index in [1.165, 1.54) is 18.2 Å². The van der Waals surface area contributed by atoms with Crippen molar-refractivity contribution >= 4 is 45.4 Å². The van der Waals surface area contributed by atoms with Crippen LogP contribution in [0, 0.1) is 10.1 Å². The summed E-state index contributed by atoms with van der Waals surface area (Å²) in [6.45, 7) is 2.01. The summed E-state index contributed by atoms with van der Waals surface area (Å²) in [4.78, 5) is 23.0. The first-order valence-electron chi connectivity index (χ1n) is 8.50. The molecule has 0 atom stereocenters. The van der Waals surface area contributed by atoms with Crippen LogP contribution in [-0.4, -0.2) is 22.5 Å². The standard InChI is InChI=1S/C20H17N3O4S/c1-2-27-18-10-8-15(12-17(18)23(25)26)19(24)22-20(28)21-16-9-7-13-5-3-4-6-14(13)11-16/h3-12H,2H2,1H3,(H2,21,22,24,28). The molecular weight excluding hydrogens is 378 g/mol. The first-order valence-corrected chi connectivity index (χ1v) is 8.91. The number of anilines is 1. The van der Waals surface area contributed by atoms with Gasteiger partial charge in [0.25, 0.3) is 5.91 Å². The summed E-state index contributed by atoms with van der Waals surface area (Å²) in [6, 6.07) is 17.6. The molecule has 0 spiro atoms. The Morgan fingerprint density at radius 2 is 1.86 bits per heavy atom. The van der Waals surface area contributed by atoms with Gasteiger partial charge < -0.3 is 10.1 Å². The van der Waals surface area contributed by atoms with Gasteiger partial charge in [-0.1, -0.05) is 30.3 Å². The van der Waals surface area contributed by atoms with E-state index in [0.29, 0.717) is 0 Å². The van der Waals surface area contributed by atoms with Crippen LogP contribution in [0.2, 0.25) is 0 Å². The summed E-state index contributed by atoms with van der Waals surface area (Å²) in [5.41, 5.74) is 0.558. The van der Waals surface area contributed by atoms with Crippen LogP contribution in [0.15, 0.2) is 60.7 Å². The lowest BCUT2D eigenvalue weighted by atomic mass is 10.1. The molecule has 0 heterocycles. The van der Waals surface area contributed by atoms with Crippen LogP contribution >= 0.6 is 12.2 Å². The Balaban J connectivity index is 1.72. The molecule has 0 aliphatic carbocycles. The van der Waals surface area contributed by atoms with Gasteiger partial charge in [0.2, 0.25) is 0 Å². The maximum Gasteiger partial charge on any atom is 0.311 e. The van der Waals surface area contributed by atoms with E-state index in [2.05, 4.69) is 10.6 Å². The molecule has 0 aliphatic rings. The molecular formula is C20H17N3O4S. The molecule has 0 aliphatic heterocycles. The largest absolute Gasteiger partial charge is 0.487 e. The van der Waals surface area contributed by atoms with Crippen LogP contribution in [0.1, 0.15) is 17.3 Å². The third-order valence-corrected chi connectivity index (χ3v) is 4.16. The lowest BCUT2D eigenvalue weighted by Gasteiger charge is -2.11. The van der Waals surface area contributed by atoms with Gasteiger partial charge in [-0.25, -0.2) is 0 Å². The minimum Gasteiger partial charge on any atom is -0.487 e. The third-order valence-electron chi connectivity index (χ3n) is 3.95. The number of amides is 1. The molecule has 7 nitrogen and oxygen atoms in total. The van der Waals surface area contributed by atoms with Gasteiger partial charge in [0.1, 0.15) is 0 Å². The van der Waals surface area contributed by atoms with Crippen molar-refractivity contribution in [2.75, 3.05) is 11.9 Å². The van der Waals surface area contributed by atoms with Crippen LogP contribution in [0.3, 0.4) is 0 Å². The number of thiocarbonyl (C=S) groups is 1. The highest BCUT2D eigenvalue weighted by molar-refractivity contribution is 7.80. The van der Waals surface area contributed by atoms with Crippen molar-refractivity contribution in [3.8, 4) is 5.75 Å². The zero-order chi connectivity index (χ0) is 20.1. The van der Waals surface area contributed by atoms with Crippen molar-refractivity contribution in [1.29, 1.82) is 0 Å². The fourth-order valence-electron chi connectivity index (χ4n) is 2.68. The second-order valence-electron chi connectivity index (χ2n) is 5.84. The van der Waals surface area contributed by atoms with Crippen molar-refractivity contribution in [2.45, 2.75) is 6.92 Å². The number of rotatable bonds is 5. The summed E-state index contributed by atoms with van der Waals surface area (Å²) in [5.74, 6) is -0.439. The van der Waals surface area contributed by atoms with Crippen LogP contribution in [0.4, 0.5) is 11.4 Å². The van der Waals surface area contributed by atoms with Crippen molar-refractivity contribution in [2.24, 2.45) is 0 Å². The molecule has 3 aromatic carbocycles. The predicted octanol–water partition coefficient (Wildman–Crippen LogP) is 4.27. The number of ether oxygens (including phenoxy) is 1. The molecule has 0 radical (unpaired) electrons. The van der Waals surface area contributed by atoms with Gasteiger partial charge in [0.05, 0.1) is 11.5 Å². The minimum atomic E-state index is -0.590. The molecule has 0 saturated carbocycles. The topological polar surface area (TPSA) is 93.5 Å². The highest BCUT2D eigenvalue weighted by atomic mass is 32.1. The van der Waals surface area contributed by atoms with Crippen LogP contribution < -0.4 is 15.4 Å². The average molecular weight is 395 g/mol. The number of benzene rings is 3. The van der Waals surface area contributed by atoms with E-state index < -0.39 is 10.8 Å². The van der Waals surface area contributed by atoms with E-state index in [1.54, 1.807) is 6.92 Å². The summed E-state index contributed by atoms with van der Waals surface area (Å²) < 4.78 is 5.22. The van der Waals surface area contributed by atoms with Gasteiger partial charge >= 0.3 is 5.69 Å². The van der Waals surface area contributed by atoms with Crippen LogP contribution in [0.25, 0.3) is 10.8 Å². The Kier molecular flexibility index (Phi) is 5.81. The average Bonchev–Trinajstić information content (AvgIpc) is 2.68. The van der Waals surface area contributed by atoms with Crippen LogP contribution in [-0.2, 0) is 0 Å². The normalized spacial score (nSPS) is 10.3. The molecule has 0 aromatic heterocycles. The summed E-state index contributed by atoms with van der Waals surface area (Å²) in [6.07, 6.45) is 0. The fraction of sp³-hybridized carbons (Fsp3) is 0.100. The van der Waals surface area contributed by atoms with Gasteiger partial charge in [-0.3, -0.25) is 20.2 Å². The van der Waals surface area contributed by atoms with Gasteiger partial charge in [-0.15, -0.1) is 0 Å². The Hall–Kier alpha value is -3.52. The predicted molar refractivity (Wildman–Crippen MR) is 112 cm³/mol. The molecule has 1 amide bonds. The first kappa shape index (κ1) is 19.2. The van der Waals surface area contributed by atoms with E-state index in [4.69, 9.17) is 17.0 Å². The number of fused-ring (bicyclic) bond motifs is 1. The number of hydrogen-bond acceptors (Lipinski definition) is 5. The van der Waals surface area contributed by atoms with Crippen molar-refractivity contribution in [3.63, 3.8) is 0 Å². The lowest BCUT2D eigenvalue weighted by molar-refractivity contribution is -0.385. The molecule has 3 rings (SSSR count). The SMILES string of the molecule is CCOc1ccc(C(=O)NC(=S)Nc2ccc3ccccc3c2)cc1[N+](=O)[O-]. The molecule has 28 heavy (non-hydrogen) atoms. The van der Waals surface area contributed by atoms with Crippen LogP contribution in [0.5, 0.6) is 5.75 Å². The fourth-order valence-corrected chi connectivity index (χ4v) is 2.89. The maximum atomic E-state index is 12.4. The zero-order valence-corrected chi connectivity index (χ0v) is 15.8. The summed E-state index contributed by atoms with van der Waals surface area (Å²) in [5, 5.41) is 18.9. The van der Waals surface area contributed by atoms with Gasteiger partial charge in [-0.05, 0) is 54.2 Å². The molecule has 142 valence electrons. The Bertz CT molecular complexity index is 1070. The second-order valence-corrected chi connectivity index (χ2v) is 6.25. The Morgan fingerprint density at radius 1 is 1.11 bits per heavy atom. The third kappa shape index (κ3) is 4.41. The number of carbonyl (C=O) groups excluding carboxylic acids is 1. The first-order chi connectivity index (χ1) is 13.5. The van der Waals surface area contributed by atoms with Crippen molar-refractivity contribution < 1.29 is 14.5 Å². The molecule has 2 N–H and O–H groups in total. The molecule has 0 saturated heterocycles. The van der Waals surface area contributed by atoms with Gasteiger partial charge in [0, 0.05) is 17.3 Å². The van der Waals surface area contributed by atoms with Gasteiger partial charge in [0.15, 0.2) is 10.9 Å². The molecule has 0 bridgehead atoms. The van der Waals surface area contributed by atoms with Gasteiger partial charge in [-0.2, -0.15) is 0 Å².